The zero-order valence-corrected chi connectivity index (χ0v) is 18.7. The molecule has 1 aliphatic heterocycles. The summed E-state index contributed by atoms with van der Waals surface area (Å²) in [6, 6.07) is 15.2. The zero-order valence-electron chi connectivity index (χ0n) is 17.9. The number of benzene rings is 2. The molecule has 4 rings (SSSR count). The first-order chi connectivity index (χ1) is 15.7. The number of nitrogens with one attached hydrogen (secondary N) is 1. The minimum absolute atomic E-state index is 0.188. The van der Waals surface area contributed by atoms with Gasteiger partial charge in [-0.25, -0.2) is 4.79 Å². The molecule has 0 bridgehead atoms. The molecule has 1 aromatic heterocycles. The second kappa shape index (κ2) is 10.3. The highest BCUT2D eigenvalue weighted by Crippen LogP contribution is 2.41. The molecule has 9 heteroatoms. The summed E-state index contributed by atoms with van der Waals surface area (Å²) in [6.07, 6.45) is 0.390. The van der Waals surface area contributed by atoms with Crippen molar-refractivity contribution >= 4 is 23.4 Å². The number of hydrogen-bond donors (Lipinski definition) is 1. The summed E-state index contributed by atoms with van der Waals surface area (Å²) in [5.41, 5.74) is 2.98. The Balaban J connectivity index is 1.69. The van der Waals surface area contributed by atoms with Gasteiger partial charge in [-0.1, -0.05) is 49.0 Å². The fourth-order valence-electron chi connectivity index (χ4n) is 3.21. The van der Waals surface area contributed by atoms with Gasteiger partial charge in [0.1, 0.15) is 5.75 Å². The van der Waals surface area contributed by atoms with Crippen molar-refractivity contribution in [1.29, 1.82) is 0 Å². The average Bonchev–Trinajstić information content (AvgIpc) is 2.98. The van der Waals surface area contributed by atoms with Gasteiger partial charge in [0, 0.05) is 17.0 Å². The number of esters is 1. The summed E-state index contributed by atoms with van der Waals surface area (Å²) in [5, 5.41) is 12.7. The topological polar surface area (TPSA) is 95.5 Å². The number of fused-ring (bicyclic) bond motifs is 3. The van der Waals surface area contributed by atoms with Gasteiger partial charge in [0.05, 0.1) is 12.2 Å². The first kappa shape index (κ1) is 21.9. The van der Waals surface area contributed by atoms with Crippen molar-refractivity contribution in [2.75, 3.05) is 24.3 Å². The highest BCUT2D eigenvalue weighted by molar-refractivity contribution is 7.99. The standard InChI is InChI=1S/C23H24N4O4S/c1-3-13-32-23-25-22-20(26-27-23)15-9-5-7-11-17(15)24-21(31-22)16-10-6-8-12-18(16)30-14-19(28)29-4-2/h5-12,21,24H,3-4,13-14H2,1-2H3. The van der Waals surface area contributed by atoms with E-state index in [4.69, 9.17) is 14.2 Å². The molecule has 0 saturated heterocycles. The minimum Gasteiger partial charge on any atom is -0.481 e. The van der Waals surface area contributed by atoms with E-state index in [0.717, 1.165) is 29.0 Å². The molecule has 32 heavy (non-hydrogen) atoms. The van der Waals surface area contributed by atoms with Crippen molar-refractivity contribution in [3.63, 3.8) is 0 Å². The van der Waals surface area contributed by atoms with Crippen LogP contribution in [-0.4, -0.2) is 40.1 Å². The summed E-state index contributed by atoms with van der Waals surface area (Å²) in [4.78, 5) is 16.4. The maximum atomic E-state index is 11.8. The molecule has 0 amide bonds. The lowest BCUT2D eigenvalue weighted by Gasteiger charge is -2.21. The van der Waals surface area contributed by atoms with E-state index in [1.165, 1.54) is 11.8 Å². The summed E-state index contributed by atoms with van der Waals surface area (Å²) in [7, 11) is 0. The molecule has 0 aliphatic carbocycles. The SMILES string of the molecule is CCCSc1nnc2c(n1)OC(c1ccccc1OCC(=O)OCC)Nc1ccccc1-2. The molecule has 0 radical (unpaired) electrons. The van der Waals surface area contributed by atoms with Crippen LogP contribution in [0, 0.1) is 0 Å². The highest BCUT2D eigenvalue weighted by Gasteiger charge is 2.28. The lowest BCUT2D eigenvalue weighted by atomic mass is 10.1. The summed E-state index contributed by atoms with van der Waals surface area (Å²) >= 11 is 1.54. The molecule has 166 valence electrons. The first-order valence-electron chi connectivity index (χ1n) is 10.5. The predicted octanol–water partition coefficient (Wildman–Crippen LogP) is 4.49. The quantitative estimate of drug-likeness (QED) is 0.392. The van der Waals surface area contributed by atoms with Crippen molar-refractivity contribution < 1.29 is 19.0 Å². The van der Waals surface area contributed by atoms with Gasteiger partial charge in [-0.05, 0) is 31.5 Å². The van der Waals surface area contributed by atoms with E-state index in [1.54, 1.807) is 13.0 Å². The minimum atomic E-state index is -0.614. The predicted molar refractivity (Wildman–Crippen MR) is 122 cm³/mol. The molecule has 1 aliphatic rings. The van der Waals surface area contributed by atoms with Gasteiger partial charge < -0.3 is 19.5 Å². The van der Waals surface area contributed by atoms with E-state index < -0.39 is 12.2 Å². The van der Waals surface area contributed by atoms with Crippen LogP contribution in [0.2, 0.25) is 0 Å². The van der Waals surface area contributed by atoms with Crippen molar-refractivity contribution in [1.82, 2.24) is 15.2 Å². The molecule has 0 spiro atoms. The van der Waals surface area contributed by atoms with E-state index in [-0.39, 0.29) is 6.61 Å². The van der Waals surface area contributed by atoms with Crippen LogP contribution in [0.1, 0.15) is 32.1 Å². The second-order valence-electron chi connectivity index (χ2n) is 6.92. The molecule has 1 unspecified atom stereocenters. The Morgan fingerprint density at radius 2 is 1.94 bits per heavy atom. The Kier molecular flexibility index (Phi) is 7.06. The number of hydrogen-bond acceptors (Lipinski definition) is 9. The van der Waals surface area contributed by atoms with Crippen LogP contribution in [0.25, 0.3) is 11.3 Å². The van der Waals surface area contributed by atoms with Crippen molar-refractivity contribution in [2.24, 2.45) is 0 Å². The average molecular weight is 453 g/mol. The van der Waals surface area contributed by atoms with Crippen LogP contribution in [0.15, 0.2) is 53.7 Å². The monoisotopic (exact) mass is 452 g/mol. The van der Waals surface area contributed by atoms with E-state index in [0.29, 0.717) is 29.1 Å². The molecular weight excluding hydrogens is 428 g/mol. The Bertz CT molecular complexity index is 1100. The van der Waals surface area contributed by atoms with Crippen molar-refractivity contribution in [3.8, 4) is 22.9 Å². The van der Waals surface area contributed by atoms with Crippen LogP contribution < -0.4 is 14.8 Å². The molecule has 2 heterocycles. The summed E-state index contributed by atoms with van der Waals surface area (Å²) in [5.74, 6) is 1.37. The lowest BCUT2D eigenvalue weighted by Crippen LogP contribution is -2.20. The number of thioether (sulfide) groups is 1. The highest BCUT2D eigenvalue weighted by atomic mass is 32.2. The number of anilines is 1. The van der Waals surface area contributed by atoms with Crippen LogP contribution in [0.5, 0.6) is 11.6 Å². The number of aromatic nitrogens is 3. The van der Waals surface area contributed by atoms with E-state index >= 15 is 0 Å². The summed E-state index contributed by atoms with van der Waals surface area (Å²) < 4.78 is 17.0. The van der Waals surface area contributed by atoms with Gasteiger partial charge in [0.2, 0.25) is 17.3 Å². The zero-order chi connectivity index (χ0) is 22.3. The van der Waals surface area contributed by atoms with Gasteiger partial charge in [0.15, 0.2) is 12.3 Å². The Hall–Kier alpha value is -3.33. The van der Waals surface area contributed by atoms with Gasteiger partial charge in [-0.2, -0.15) is 4.98 Å². The van der Waals surface area contributed by atoms with E-state index in [9.17, 15) is 4.79 Å². The summed E-state index contributed by atoms with van der Waals surface area (Å²) in [6.45, 7) is 3.97. The smallest absolute Gasteiger partial charge is 0.344 e. The maximum absolute atomic E-state index is 11.8. The molecule has 1 atom stereocenters. The molecule has 0 fully saturated rings. The molecule has 8 nitrogen and oxygen atoms in total. The van der Waals surface area contributed by atoms with Crippen molar-refractivity contribution in [2.45, 2.75) is 31.7 Å². The van der Waals surface area contributed by atoms with Gasteiger partial charge in [-0.15, -0.1) is 10.2 Å². The first-order valence-corrected chi connectivity index (χ1v) is 11.5. The van der Waals surface area contributed by atoms with E-state index in [1.807, 2.05) is 42.5 Å². The van der Waals surface area contributed by atoms with Crippen LogP contribution in [-0.2, 0) is 9.53 Å². The number of para-hydroxylation sites is 2. The Morgan fingerprint density at radius 1 is 1.12 bits per heavy atom. The third kappa shape index (κ3) is 4.94. The Morgan fingerprint density at radius 3 is 2.78 bits per heavy atom. The molecule has 1 N–H and O–H groups in total. The lowest BCUT2D eigenvalue weighted by molar-refractivity contribution is -0.145. The maximum Gasteiger partial charge on any atom is 0.344 e. The molecule has 2 aromatic carbocycles. The number of carbonyl (C=O) groups is 1. The van der Waals surface area contributed by atoms with Crippen LogP contribution in [0.4, 0.5) is 5.69 Å². The number of carbonyl (C=O) groups excluding carboxylic acids is 1. The van der Waals surface area contributed by atoms with Crippen LogP contribution in [0.3, 0.4) is 0 Å². The molecule has 3 aromatic rings. The number of ether oxygens (including phenoxy) is 3. The number of nitrogens with zero attached hydrogens (tertiary/aromatic N) is 3. The molecular formula is C23H24N4O4S. The van der Waals surface area contributed by atoms with Gasteiger partial charge in [-0.3, -0.25) is 0 Å². The third-order valence-corrected chi connectivity index (χ3v) is 5.66. The normalized spacial score (nSPS) is 14.2. The number of rotatable bonds is 8. The fraction of sp³-hybridized carbons (Fsp3) is 0.304. The molecule has 0 saturated carbocycles. The van der Waals surface area contributed by atoms with Crippen LogP contribution >= 0.6 is 11.8 Å². The van der Waals surface area contributed by atoms with Gasteiger partial charge in [0.25, 0.3) is 0 Å². The Labute approximate surface area is 190 Å². The van der Waals surface area contributed by atoms with E-state index in [2.05, 4.69) is 27.4 Å². The third-order valence-electron chi connectivity index (χ3n) is 4.62. The second-order valence-corrected chi connectivity index (χ2v) is 7.98. The van der Waals surface area contributed by atoms with Gasteiger partial charge >= 0.3 is 5.97 Å². The largest absolute Gasteiger partial charge is 0.481 e. The fourth-order valence-corrected chi connectivity index (χ4v) is 3.84. The van der Waals surface area contributed by atoms with Crippen molar-refractivity contribution in [3.05, 3.63) is 54.1 Å².